The average molecular weight is 472 g/mol. The van der Waals surface area contributed by atoms with Crippen LogP contribution in [0.2, 0.25) is 0 Å². The molecule has 4 aromatic rings. The van der Waals surface area contributed by atoms with Crippen molar-refractivity contribution in [3.8, 4) is 17.2 Å². The zero-order valence-corrected chi connectivity index (χ0v) is 19.4. The SMILES string of the molecule is CC1(C)[C@H]2CC[C@@]1(c1ccnc(-n3cnc(C4CC4)n3)n1)c1nnc(-c3c(F)cccc3F)cc12. The van der Waals surface area contributed by atoms with E-state index in [-0.39, 0.29) is 22.6 Å². The minimum absolute atomic E-state index is 0.139. The first-order valence-electron chi connectivity index (χ1n) is 12.0. The molecule has 7 rings (SSSR count). The van der Waals surface area contributed by atoms with Gasteiger partial charge in [0.25, 0.3) is 5.95 Å². The summed E-state index contributed by atoms with van der Waals surface area (Å²) in [5.41, 5.74) is 2.06. The molecule has 2 saturated carbocycles. The highest BCUT2D eigenvalue weighted by Gasteiger charge is 2.65. The van der Waals surface area contributed by atoms with Crippen molar-refractivity contribution in [1.29, 1.82) is 0 Å². The molecular weight excluding hydrogens is 448 g/mol. The molecule has 0 amide bonds. The van der Waals surface area contributed by atoms with Crippen molar-refractivity contribution in [2.75, 3.05) is 0 Å². The summed E-state index contributed by atoms with van der Waals surface area (Å²) in [4.78, 5) is 13.8. The van der Waals surface area contributed by atoms with Gasteiger partial charge < -0.3 is 0 Å². The molecule has 7 nitrogen and oxygen atoms in total. The second kappa shape index (κ2) is 6.96. The Morgan fingerprint density at radius 1 is 1.00 bits per heavy atom. The van der Waals surface area contributed by atoms with Gasteiger partial charge in [-0.1, -0.05) is 19.9 Å². The molecule has 3 aliphatic rings. The van der Waals surface area contributed by atoms with E-state index in [1.807, 2.05) is 12.1 Å². The molecule has 2 bridgehead atoms. The largest absolute Gasteiger partial charge is 0.252 e. The summed E-state index contributed by atoms with van der Waals surface area (Å²) < 4.78 is 30.6. The highest BCUT2D eigenvalue weighted by molar-refractivity contribution is 5.64. The maximum absolute atomic E-state index is 14.5. The molecule has 0 unspecified atom stereocenters. The van der Waals surface area contributed by atoms with E-state index in [0.717, 1.165) is 48.5 Å². The van der Waals surface area contributed by atoms with Crippen LogP contribution >= 0.6 is 0 Å². The number of hydrogen-bond donors (Lipinski definition) is 0. The van der Waals surface area contributed by atoms with Crippen molar-refractivity contribution in [2.45, 2.75) is 56.8 Å². The van der Waals surface area contributed by atoms with Crippen molar-refractivity contribution >= 4 is 0 Å². The zero-order valence-electron chi connectivity index (χ0n) is 19.4. The van der Waals surface area contributed by atoms with E-state index >= 15 is 0 Å². The van der Waals surface area contributed by atoms with E-state index in [9.17, 15) is 8.78 Å². The Morgan fingerprint density at radius 3 is 2.57 bits per heavy atom. The van der Waals surface area contributed by atoms with Crippen LogP contribution in [-0.4, -0.2) is 34.9 Å². The molecule has 176 valence electrons. The number of rotatable bonds is 4. The summed E-state index contributed by atoms with van der Waals surface area (Å²) in [5, 5.41) is 13.5. The summed E-state index contributed by atoms with van der Waals surface area (Å²) in [7, 11) is 0. The molecule has 0 spiro atoms. The Balaban J connectivity index is 1.36. The van der Waals surface area contributed by atoms with Gasteiger partial charge in [-0.05, 0) is 66.8 Å². The van der Waals surface area contributed by atoms with E-state index < -0.39 is 17.0 Å². The molecule has 3 aromatic heterocycles. The van der Waals surface area contributed by atoms with Crippen molar-refractivity contribution in [2.24, 2.45) is 5.41 Å². The average Bonchev–Trinajstić information content (AvgIpc) is 3.46. The molecule has 2 fully saturated rings. The van der Waals surface area contributed by atoms with Crippen molar-refractivity contribution in [1.82, 2.24) is 34.9 Å². The van der Waals surface area contributed by atoms with E-state index in [1.54, 1.807) is 17.2 Å². The molecule has 0 aliphatic heterocycles. The smallest absolute Gasteiger partial charge is 0.220 e. The van der Waals surface area contributed by atoms with Gasteiger partial charge in [0.15, 0.2) is 5.82 Å². The molecule has 35 heavy (non-hydrogen) atoms. The van der Waals surface area contributed by atoms with E-state index in [2.05, 4.69) is 39.1 Å². The van der Waals surface area contributed by atoms with Crippen LogP contribution in [0.1, 0.15) is 74.1 Å². The van der Waals surface area contributed by atoms with E-state index in [1.165, 1.54) is 18.2 Å². The number of halogens is 2. The Morgan fingerprint density at radius 2 is 1.80 bits per heavy atom. The first kappa shape index (κ1) is 20.7. The molecule has 1 aromatic carbocycles. The summed E-state index contributed by atoms with van der Waals surface area (Å²) in [6.07, 6.45) is 7.46. The van der Waals surface area contributed by atoms with Crippen molar-refractivity contribution < 1.29 is 8.78 Å². The maximum Gasteiger partial charge on any atom is 0.252 e. The normalized spacial score (nSPS) is 24.1. The summed E-state index contributed by atoms with van der Waals surface area (Å²) in [6.45, 7) is 4.44. The number of nitrogens with zero attached hydrogens (tertiary/aromatic N) is 7. The number of aromatic nitrogens is 7. The van der Waals surface area contributed by atoms with Gasteiger partial charge in [0, 0.05) is 12.1 Å². The van der Waals surface area contributed by atoms with Crippen LogP contribution in [0.25, 0.3) is 17.2 Å². The summed E-state index contributed by atoms with van der Waals surface area (Å²) in [6, 6.07) is 7.59. The van der Waals surface area contributed by atoms with Crippen LogP contribution in [0, 0.1) is 17.0 Å². The first-order chi connectivity index (χ1) is 16.9. The lowest BCUT2D eigenvalue weighted by atomic mass is 9.66. The Labute approximate surface area is 200 Å². The molecule has 2 atom stereocenters. The number of hydrogen-bond acceptors (Lipinski definition) is 6. The quantitative estimate of drug-likeness (QED) is 0.422. The minimum atomic E-state index is -0.643. The minimum Gasteiger partial charge on any atom is -0.220 e. The standard InChI is InChI=1S/C26H23F2N7/c1-25(2)16-8-10-26(25,20-9-11-29-24(31-20)35-13-30-23(34-35)14-6-7-14)22-15(16)12-19(32-33-22)21-17(27)4-3-5-18(21)28/h3-5,9,11-14,16H,6-8,10H2,1-2H3/t16-,26+/m0/s1. The van der Waals surface area contributed by atoms with Gasteiger partial charge in [0.2, 0.25) is 0 Å². The van der Waals surface area contributed by atoms with E-state index in [4.69, 9.17) is 4.98 Å². The van der Waals surface area contributed by atoms with Gasteiger partial charge in [-0.15, -0.1) is 10.2 Å². The molecule has 3 aliphatic carbocycles. The van der Waals surface area contributed by atoms with Gasteiger partial charge in [-0.25, -0.2) is 23.7 Å². The lowest BCUT2D eigenvalue weighted by molar-refractivity contribution is 0.242. The predicted molar refractivity (Wildman–Crippen MR) is 123 cm³/mol. The van der Waals surface area contributed by atoms with Crippen LogP contribution in [0.3, 0.4) is 0 Å². The van der Waals surface area contributed by atoms with Gasteiger partial charge >= 0.3 is 0 Å². The lowest BCUT2D eigenvalue weighted by Crippen LogP contribution is -2.38. The summed E-state index contributed by atoms with van der Waals surface area (Å²) in [5.74, 6) is 0.640. The fraction of sp³-hybridized carbons (Fsp3) is 0.385. The van der Waals surface area contributed by atoms with Gasteiger partial charge in [0.05, 0.1) is 28.1 Å². The fourth-order valence-corrected chi connectivity index (χ4v) is 6.35. The van der Waals surface area contributed by atoms with Gasteiger partial charge in [0.1, 0.15) is 18.0 Å². The van der Waals surface area contributed by atoms with Crippen LogP contribution in [0.15, 0.2) is 42.9 Å². The lowest BCUT2D eigenvalue weighted by Gasteiger charge is -2.37. The fourth-order valence-electron chi connectivity index (χ4n) is 6.35. The highest BCUT2D eigenvalue weighted by Crippen LogP contribution is 2.69. The zero-order chi connectivity index (χ0) is 23.9. The maximum atomic E-state index is 14.5. The Kier molecular flexibility index (Phi) is 4.12. The van der Waals surface area contributed by atoms with Gasteiger partial charge in [-0.2, -0.15) is 9.78 Å². The molecule has 3 heterocycles. The first-order valence-corrected chi connectivity index (χ1v) is 12.0. The molecule has 9 heteroatoms. The summed E-state index contributed by atoms with van der Waals surface area (Å²) >= 11 is 0. The van der Waals surface area contributed by atoms with E-state index in [0.29, 0.717) is 11.9 Å². The number of benzene rings is 1. The molecule has 0 N–H and O–H groups in total. The molecular formula is C26H23F2N7. The Hall–Kier alpha value is -3.62. The second-order valence-corrected chi connectivity index (χ2v) is 10.4. The van der Waals surface area contributed by atoms with Crippen molar-refractivity contribution in [3.05, 3.63) is 77.3 Å². The highest BCUT2D eigenvalue weighted by atomic mass is 19.1. The monoisotopic (exact) mass is 471 g/mol. The van der Waals surface area contributed by atoms with Gasteiger partial charge in [-0.3, -0.25) is 0 Å². The Bertz CT molecular complexity index is 1470. The predicted octanol–water partition coefficient (Wildman–Crippen LogP) is 4.87. The van der Waals surface area contributed by atoms with Crippen LogP contribution in [0.5, 0.6) is 0 Å². The third-order valence-corrected chi connectivity index (χ3v) is 8.34. The van der Waals surface area contributed by atoms with Crippen LogP contribution in [0.4, 0.5) is 8.78 Å². The molecule has 0 saturated heterocycles. The third-order valence-electron chi connectivity index (χ3n) is 8.34. The number of fused-ring (bicyclic) bond motifs is 5. The van der Waals surface area contributed by atoms with Crippen LogP contribution < -0.4 is 0 Å². The van der Waals surface area contributed by atoms with Crippen molar-refractivity contribution in [3.63, 3.8) is 0 Å². The topological polar surface area (TPSA) is 82.3 Å². The van der Waals surface area contributed by atoms with Crippen LogP contribution in [-0.2, 0) is 5.41 Å². The third kappa shape index (κ3) is 2.75. The molecule has 0 radical (unpaired) electrons. The second-order valence-electron chi connectivity index (χ2n) is 10.4.